The van der Waals surface area contributed by atoms with Crippen LogP contribution in [-0.4, -0.2) is 6.29 Å². The topological polar surface area (TPSA) is 17.1 Å². The minimum atomic E-state index is 0.229. The van der Waals surface area contributed by atoms with Gasteiger partial charge in [-0.2, -0.15) is 0 Å². The molecule has 0 saturated carbocycles. The molecule has 0 heterocycles. The third-order valence-corrected chi connectivity index (χ3v) is 2.84. The normalized spacial score (nSPS) is 11.6. The van der Waals surface area contributed by atoms with Crippen molar-refractivity contribution in [3.05, 3.63) is 0 Å². The van der Waals surface area contributed by atoms with Crippen LogP contribution in [0.5, 0.6) is 0 Å². The lowest BCUT2D eigenvalue weighted by molar-refractivity contribution is -0.109. The minimum absolute atomic E-state index is 0.229. The van der Waals surface area contributed by atoms with Crippen molar-refractivity contribution in [1.29, 1.82) is 0 Å². The Balaban J connectivity index is 3.30. The van der Waals surface area contributed by atoms with E-state index in [2.05, 4.69) is 20.8 Å². The Morgan fingerprint density at radius 3 is 2.14 bits per heavy atom. The lowest BCUT2D eigenvalue weighted by Gasteiger charge is -2.21. The highest BCUT2D eigenvalue weighted by Crippen LogP contribution is 2.26. The molecule has 0 aliphatic rings. The first kappa shape index (κ1) is 13.7. The zero-order chi connectivity index (χ0) is 10.9. The van der Waals surface area contributed by atoms with Gasteiger partial charge in [-0.1, -0.05) is 59.3 Å². The summed E-state index contributed by atoms with van der Waals surface area (Å²) in [6.07, 6.45) is 11.0. The van der Waals surface area contributed by atoms with Gasteiger partial charge in [0, 0.05) is 6.42 Å². The summed E-state index contributed by atoms with van der Waals surface area (Å²) >= 11 is 0. The van der Waals surface area contributed by atoms with Gasteiger partial charge in [0.15, 0.2) is 0 Å². The molecule has 14 heavy (non-hydrogen) atoms. The molecule has 0 rings (SSSR count). The average Bonchev–Trinajstić information content (AvgIpc) is 2.11. The third-order valence-electron chi connectivity index (χ3n) is 2.84. The van der Waals surface area contributed by atoms with Gasteiger partial charge in [-0.05, 0) is 11.8 Å². The maximum atomic E-state index is 10.4. The van der Waals surface area contributed by atoms with Crippen molar-refractivity contribution in [3.63, 3.8) is 0 Å². The van der Waals surface area contributed by atoms with E-state index in [0.29, 0.717) is 6.42 Å². The zero-order valence-corrected chi connectivity index (χ0v) is 10.1. The standard InChI is InChI=1S/C13H26O/c1-4-5-6-7-8-9-10-13(2,3)11-12-14/h12H,4-11H2,1-3H3. The number of carbonyl (C=O) groups excluding carboxylic acids is 1. The summed E-state index contributed by atoms with van der Waals surface area (Å²) in [6, 6.07) is 0. The minimum Gasteiger partial charge on any atom is -0.303 e. The monoisotopic (exact) mass is 198 g/mol. The number of hydrogen-bond donors (Lipinski definition) is 0. The Hall–Kier alpha value is -0.330. The molecule has 1 nitrogen and oxygen atoms in total. The highest BCUT2D eigenvalue weighted by molar-refractivity contribution is 5.50. The van der Waals surface area contributed by atoms with E-state index in [1.54, 1.807) is 0 Å². The first-order chi connectivity index (χ1) is 6.62. The van der Waals surface area contributed by atoms with Crippen LogP contribution >= 0.6 is 0 Å². The fraction of sp³-hybridized carbons (Fsp3) is 0.923. The van der Waals surface area contributed by atoms with Crippen LogP contribution in [0.4, 0.5) is 0 Å². The lowest BCUT2D eigenvalue weighted by Crippen LogP contribution is -2.11. The summed E-state index contributed by atoms with van der Waals surface area (Å²) in [7, 11) is 0. The van der Waals surface area contributed by atoms with E-state index in [-0.39, 0.29) is 5.41 Å². The number of aldehydes is 1. The van der Waals surface area contributed by atoms with Crippen LogP contribution in [0.3, 0.4) is 0 Å². The lowest BCUT2D eigenvalue weighted by atomic mass is 9.84. The van der Waals surface area contributed by atoms with E-state index in [9.17, 15) is 4.79 Å². The van der Waals surface area contributed by atoms with Crippen LogP contribution in [-0.2, 0) is 4.79 Å². The molecule has 0 radical (unpaired) electrons. The van der Waals surface area contributed by atoms with Gasteiger partial charge in [0.25, 0.3) is 0 Å². The fourth-order valence-corrected chi connectivity index (χ4v) is 1.71. The van der Waals surface area contributed by atoms with E-state index < -0.39 is 0 Å². The third kappa shape index (κ3) is 8.28. The first-order valence-electron chi connectivity index (χ1n) is 6.06. The van der Waals surface area contributed by atoms with Crippen molar-refractivity contribution in [2.75, 3.05) is 0 Å². The molecule has 0 saturated heterocycles. The van der Waals surface area contributed by atoms with Crippen molar-refractivity contribution in [2.45, 2.75) is 72.1 Å². The summed E-state index contributed by atoms with van der Waals surface area (Å²) in [4.78, 5) is 10.4. The fourth-order valence-electron chi connectivity index (χ4n) is 1.71. The van der Waals surface area contributed by atoms with Crippen LogP contribution in [0.1, 0.15) is 72.1 Å². The molecule has 0 aliphatic heterocycles. The second kappa shape index (κ2) is 8.02. The number of hydrogen-bond acceptors (Lipinski definition) is 1. The molecule has 0 bridgehead atoms. The molecule has 0 atom stereocenters. The van der Waals surface area contributed by atoms with Crippen LogP contribution in [0.2, 0.25) is 0 Å². The molecular formula is C13H26O. The predicted octanol–water partition coefficient (Wildman–Crippen LogP) is 4.35. The Kier molecular flexibility index (Phi) is 7.83. The molecule has 0 amide bonds. The van der Waals surface area contributed by atoms with Crippen molar-refractivity contribution < 1.29 is 4.79 Å². The Bertz CT molecular complexity index is 138. The van der Waals surface area contributed by atoms with Crippen molar-refractivity contribution in [2.24, 2.45) is 5.41 Å². The molecule has 0 spiro atoms. The summed E-state index contributed by atoms with van der Waals surface area (Å²) in [5.41, 5.74) is 0.229. The number of rotatable bonds is 9. The number of unbranched alkanes of at least 4 members (excludes halogenated alkanes) is 5. The van der Waals surface area contributed by atoms with Gasteiger partial charge >= 0.3 is 0 Å². The van der Waals surface area contributed by atoms with E-state index in [1.807, 2.05) is 0 Å². The SMILES string of the molecule is CCCCCCCCC(C)(C)CC=O. The maximum Gasteiger partial charge on any atom is 0.120 e. The van der Waals surface area contributed by atoms with E-state index >= 15 is 0 Å². The van der Waals surface area contributed by atoms with Crippen LogP contribution < -0.4 is 0 Å². The molecule has 0 aromatic rings. The highest BCUT2D eigenvalue weighted by Gasteiger charge is 2.15. The van der Waals surface area contributed by atoms with Gasteiger partial charge < -0.3 is 4.79 Å². The second-order valence-corrected chi connectivity index (χ2v) is 5.05. The van der Waals surface area contributed by atoms with Gasteiger partial charge in [0.2, 0.25) is 0 Å². The van der Waals surface area contributed by atoms with Gasteiger partial charge in [-0.3, -0.25) is 0 Å². The van der Waals surface area contributed by atoms with Crippen LogP contribution in [0.25, 0.3) is 0 Å². The van der Waals surface area contributed by atoms with Gasteiger partial charge in [-0.15, -0.1) is 0 Å². The molecule has 0 aromatic heterocycles. The second-order valence-electron chi connectivity index (χ2n) is 5.05. The summed E-state index contributed by atoms with van der Waals surface area (Å²) in [5.74, 6) is 0. The van der Waals surface area contributed by atoms with Gasteiger partial charge in [0.1, 0.15) is 6.29 Å². The van der Waals surface area contributed by atoms with E-state index in [0.717, 1.165) is 6.29 Å². The predicted molar refractivity (Wildman–Crippen MR) is 62.5 cm³/mol. The first-order valence-corrected chi connectivity index (χ1v) is 6.06. The molecule has 0 unspecified atom stereocenters. The zero-order valence-electron chi connectivity index (χ0n) is 10.1. The van der Waals surface area contributed by atoms with Crippen molar-refractivity contribution in [3.8, 4) is 0 Å². The van der Waals surface area contributed by atoms with E-state index in [4.69, 9.17) is 0 Å². The molecule has 0 aliphatic carbocycles. The van der Waals surface area contributed by atoms with E-state index in [1.165, 1.54) is 44.9 Å². The Morgan fingerprint density at radius 2 is 1.57 bits per heavy atom. The summed E-state index contributed by atoms with van der Waals surface area (Å²) < 4.78 is 0. The summed E-state index contributed by atoms with van der Waals surface area (Å²) in [5, 5.41) is 0. The Morgan fingerprint density at radius 1 is 1.00 bits per heavy atom. The largest absolute Gasteiger partial charge is 0.303 e. The maximum absolute atomic E-state index is 10.4. The highest BCUT2D eigenvalue weighted by atomic mass is 16.1. The van der Waals surface area contributed by atoms with Crippen molar-refractivity contribution in [1.82, 2.24) is 0 Å². The Labute approximate surface area is 89.3 Å². The molecule has 0 aromatic carbocycles. The molecular weight excluding hydrogens is 172 g/mol. The van der Waals surface area contributed by atoms with Gasteiger partial charge in [-0.25, -0.2) is 0 Å². The molecule has 84 valence electrons. The average molecular weight is 198 g/mol. The van der Waals surface area contributed by atoms with Gasteiger partial charge in [0.05, 0.1) is 0 Å². The molecule has 1 heteroatoms. The molecule has 0 N–H and O–H groups in total. The van der Waals surface area contributed by atoms with Crippen molar-refractivity contribution >= 4 is 6.29 Å². The smallest absolute Gasteiger partial charge is 0.120 e. The van der Waals surface area contributed by atoms with Crippen LogP contribution in [0.15, 0.2) is 0 Å². The molecule has 0 fully saturated rings. The van der Waals surface area contributed by atoms with Crippen LogP contribution in [0, 0.1) is 5.41 Å². The number of carbonyl (C=O) groups is 1. The summed E-state index contributed by atoms with van der Waals surface area (Å²) in [6.45, 7) is 6.62. The quantitative estimate of drug-likeness (QED) is 0.397.